The van der Waals surface area contributed by atoms with Gasteiger partial charge in [0, 0.05) is 17.4 Å². The fraction of sp³-hybridized carbons (Fsp3) is 0.0769. The van der Waals surface area contributed by atoms with Crippen molar-refractivity contribution in [1.82, 2.24) is 15.4 Å². The Bertz CT molecular complexity index is 802. The summed E-state index contributed by atoms with van der Waals surface area (Å²) >= 11 is 0. The molecule has 0 aliphatic heterocycles. The summed E-state index contributed by atoms with van der Waals surface area (Å²) in [6.07, 6.45) is 1.23. The number of anilines is 1. The van der Waals surface area contributed by atoms with E-state index >= 15 is 0 Å². The number of nitrogen functional groups attached to an aromatic ring is 1. The van der Waals surface area contributed by atoms with Crippen molar-refractivity contribution >= 4 is 17.3 Å². The van der Waals surface area contributed by atoms with Gasteiger partial charge in [0.2, 0.25) is 0 Å². The SMILES string of the molecule is C/C(=N/NC(=O)c1ccc(N)cc1)c1c[nH]c(=O)[nH]c1=O. The van der Waals surface area contributed by atoms with Crippen LogP contribution in [0.5, 0.6) is 0 Å². The van der Waals surface area contributed by atoms with Crippen molar-refractivity contribution < 1.29 is 4.79 Å². The largest absolute Gasteiger partial charge is 0.399 e. The maximum Gasteiger partial charge on any atom is 0.325 e. The first-order chi connectivity index (χ1) is 9.97. The summed E-state index contributed by atoms with van der Waals surface area (Å²) in [6, 6.07) is 6.31. The normalized spacial score (nSPS) is 11.2. The molecule has 108 valence electrons. The van der Waals surface area contributed by atoms with E-state index in [-0.39, 0.29) is 11.3 Å². The van der Waals surface area contributed by atoms with Gasteiger partial charge in [0.15, 0.2) is 0 Å². The molecule has 8 heteroatoms. The molecule has 0 bridgehead atoms. The van der Waals surface area contributed by atoms with Crippen LogP contribution in [-0.4, -0.2) is 21.6 Å². The molecule has 5 N–H and O–H groups in total. The number of hydrogen-bond donors (Lipinski definition) is 4. The van der Waals surface area contributed by atoms with E-state index in [0.717, 1.165) is 0 Å². The zero-order valence-corrected chi connectivity index (χ0v) is 11.1. The Morgan fingerprint density at radius 3 is 2.52 bits per heavy atom. The van der Waals surface area contributed by atoms with E-state index in [2.05, 4.69) is 20.5 Å². The minimum Gasteiger partial charge on any atom is -0.399 e. The zero-order chi connectivity index (χ0) is 15.4. The van der Waals surface area contributed by atoms with Crippen LogP contribution in [0.15, 0.2) is 45.2 Å². The Labute approximate surface area is 118 Å². The lowest BCUT2D eigenvalue weighted by molar-refractivity contribution is 0.0955. The maximum atomic E-state index is 11.8. The molecule has 1 aromatic heterocycles. The zero-order valence-electron chi connectivity index (χ0n) is 11.1. The Morgan fingerprint density at radius 1 is 1.24 bits per heavy atom. The molecule has 0 aliphatic rings. The number of benzene rings is 1. The molecule has 8 nitrogen and oxygen atoms in total. The standard InChI is InChI=1S/C13H13N5O3/c1-7(10-6-15-13(21)16-12(10)20)17-18-11(19)8-2-4-9(14)5-3-8/h2-6H,14H2,1H3,(H,18,19)(H2,15,16,20,21)/b17-7-. The fourth-order valence-electron chi connectivity index (χ4n) is 1.57. The summed E-state index contributed by atoms with van der Waals surface area (Å²) in [5, 5.41) is 3.83. The predicted molar refractivity (Wildman–Crippen MR) is 78.2 cm³/mol. The number of hydrazone groups is 1. The van der Waals surface area contributed by atoms with Crippen molar-refractivity contribution in [2.75, 3.05) is 5.73 Å². The minimum absolute atomic E-state index is 0.159. The summed E-state index contributed by atoms with van der Waals surface area (Å²) < 4.78 is 0. The highest BCUT2D eigenvalue weighted by Crippen LogP contribution is 2.05. The van der Waals surface area contributed by atoms with E-state index < -0.39 is 17.2 Å². The minimum atomic E-state index is -0.609. The molecular weight excluding hydrogens is 274 g/mol. The van der Waals surface area contributed by atoms with Gasteiger partial charge in [0.1, 0.15) is 0 Å². The highest BCUT2D eigenvalue weighted by molar-refractivity contribution is 6.00. The number of carbonyl (C=O) groups is 1. The highest BCUT2D eigenvalue weighted by atomic mass is 16.2. The summed E-state index contributed by atoms with van der Waals surface area (Å²) in [6.45, 7) is 1.53. The van der Waals surface area contributed by atoms with Crippen LogP contribution < -0.4 is 22.4 Å². The number of carbonyl (C=O) groups excluding carboxylic acids is 1. The Hall–Kier alpha value is -3.16. The summed E-state index contributed by atoms with van der Waals surface area (Å²) in [5.41, 5.74) is 8.01. The second-order valence-corrected chi connectivity index (χ2v) is 4.25. The molecule has 0 saturated heterocycles. The van der Waals surface area contributed by atoms with Gasteiger partial charge in [0.25, 0.3) is 11.5 Å². The van der Waals surface area contributed by atoms with Crippen molar-refractivity contribution in [1.29, 1.82) is 0 Å². The van der Waals surface area contributed by atoms with Gasteiger partial charge in [-0.25, -0.2) is 10.2 Å². The summed E-state index contributed by atoms with van der Waals surface area (Å²) in [5.74, 6) is -0.435. The van der Waals surface area contributed by atoms with Crippen molar-refractivity contribution in [3.8, 4) is 0 Å². The average Bonchev–Trinajstić information content (AvgIpc) is 2.45. The number of aromatic amines is 2. The number of rotatable bonds is 3. The molecule has 0 radical (unpaired) electrons. The number of aromatic nitrogens is 2. The molecule has 0 unspecified atom stereocenters. The number of nitrogens with one attached hydrogen (secondary N) is 3. The Balaban J connectivity index is 2.16. The predicted octanol–water partition coefficient (Wildman–Crippen LogP) is -0.201. The van der Waals surface area contributed by atoms with E-state index in [4.69, 9.17) is 5.73 Å². The monoisotopic (exact) mass is 287 g/mol. The Kier molecular flexibility index (Phi) is 3.98. The fourth-order valence-corrected chi connectivity index (χ4v) is 1.57. The van der Waals surface area contributed by atoms with Gasteiger partial charge < -0.3 is 10.7 Å². The molecule has 0 spiro atoms. The molecule has 1 aromatic carbocycles. The second-order valence-electron chi connectivity index (χ2n) is 4.25. The van der Waals surface area contributed by atoms with Crippen LogP contribution >= 0.6 is 0 Å². The maximum absolute atomic E-state index is 11.8. The van der Waals surface area contributed by atoms with Crippen molar-refractivity contribution in [2.45, 2.75) is 6.92 Å². The number of amides is 1. The molecule has 0 saturated carbocycles. The Morgan fingerprint density at radius 2 is 1.90 bits per heavy atom. The van der Waals surface area contributed by atoms with E-state index in [9.17, 15) is 14.4 Å². The van der Waals surface area contributed by atoms with Crippen LogP contribution in [0.1, 0.15) is 22.8 Å². The van der Waals surface area contributed by atoms with Crippen LogP contribution in [0.4, 0.5) is 5.69 Å². The topological polar surface area (TPSA) is 133 Å². The van der Waals surface area contributed by atoms with Gasteiger partial charge >= 0.3 is 5.69 Å². The summed E-state index contributed by atoms with van der Waals surface area (Å²) in [7, 11) is 0. The molecular formula is C13H13N5O3. The van der Waals surface area contributed by atoms with E-state index in [1.165, 1.54) is 13.1 Å². The number of nitrogens with two attached hydrogens (primary N) is 1. The molecule has 2 rings (SSSR count). The quantitative estimate of drug-likeness (QED) is 0.353. The van der Waals surface area contributed by atoms with Crippen LogP contribution in [0.2, 0.25) is 0 Å². The number of H-pyrrole nitrogens is 2. The second kappa shape index (κ2) is 5.87. The lowest BCUT2D eigenvalue weighted by Gasteiger charge is -2.02. The van der Waals surface area contributed by atoms with Gasteiger partial charge in [-0.15, -0.1) is 0 Å². The lowest BCUT2D eigenvalue weighted by Crippen LogP contribution is -2.28. The molecule has 21 heavy (non-hydrogen) atoms. The van der Waals surface area contributed by atoms with Gasteiger partial charge in [0.05, 0.1) is 11.3 Å². The summed E-state index contributed by atoms with van der Waals surface area (Å²) in [4.78, 5) is 38.7. The van der Waals surface area contributed by atoms with Crippen LogP contribution in [-0.2, 0) is 0 Å². The van der Waals surface area contributed by atoms with E-state index in [1.807, 2.05) is 0 Å². The van der Waals surface area contributed by atoms with Gasteiger partial charge in [-0.1, -0.05) is 0 Å². The van der Waals surface area contributed by atoms with Crippen LogP contribution in [0.25, 0.3) is 0 Å². The third kappa shape index (κ3) is 3.44. The molecule has 0 fully saturated rings. The van der Waals surface area contributed by atoms with Gasteiger partial charge in [-0.05, 0) is 31.2 Å². The molecule has 0 atom stereocenters. The first-order valence-electron chi connectivity index (χ1n) is 6.00. The first kappa shape index (κ1) is 14.3. The van der Waals surface area contributed by atoms with Crippen molar-refractivity contribution in [3.05, 3.63) is 62.4 Å². The first-order valence-corrected chi connectivity index (χ1v) is 6.00. The van der Waals surface area contributed by atoms with Crippen molar-refractivity contribution in [3.63, 3.8) is 0 Å². The highest BCUT2D eigenvalue weighted by Gasteiger charge is 2.07. The average molecular weight is 287 g/mol. The van der Waals surface area contributed by atoms with Crippen LogP contribution in [0, 0.1) is 0 Å². The third-order valence-electron chi connectivity index (χ3n) is 2.71. The number of hydrogen-bond acceptors (Lipinski definition) is 5. The molecule has 1 heterocycles. The molecule has 0 aliphatic carbocycles. The van der Waals surface area contributed by atoms with E-state index in [0.29, 0.717) is 11.3 Å². The van der Waals surface area contributed by atoms with Crippen LogP contribution in [0.3, 0.4) is 0 Å². The van der Waals surface area contributed by atoms with Gasteiger partial charge in [-0.3, -0.25) is 14.6 Å². The number of nitrogens with zero attached hydrogens (tertiary/aromatic N) is 1. The van der Waals surface area contributed by atoms with Crippen molar-refractivity contribution in [2.24, 2.45) is 5.10 Å². The molecule has 2 aromatic rings. The molecule has 1 amide bonds. The van der Waals surface area contributed by atoms with E-state index in [1.54, 1.807) is 24.3 Å². The third-order valence-corrected chi connectivity index (χ3v) is 2.71. The smallest absolute Gasteiger partial charge is 0.325 e. The van der Waals surface area contributed by atoms with Gasteiger partial charge in [-0.2, -0.15) is 5.10 Å². The lowest BCUT2D eigenvalue weighted by atomic mass is 10.2.